The second-order valence-corrected chi connectivity index (χ2v) is 10.2. The lowest BCUT2D eigenvalue weighted by molar-refractivity contribution is 0.0527. The topological polar surface area (TPSA) is 68.2 Å². The van der Waals surface area contributed by atoms with Crippen molar-refractivity contribution in [3.05, 3.63) is 62.8 Å². The summed E-state index contributed by atoms with van der Waals surface area (Å²) in [5.74, 6) is -0.273. The van der Waals surface area contributed by atoms with E-state index in [1.165, 1.54) is 22.4 Å². The fraction of sp³-hybridized carbons (Fsp3) is 0.423. The molecule has 180 valence electrons. The van der Waals surface area contributed by atoms with Gasteiger partial charge in [0.15, 0.2) is 5.11 Å². The molecule has 34 heavy (non-hydrogen) atoms. The molecule has 0 saturated heterocycles. The van der Waals surface area contributed by atoms with Crippen molar-refractivity contribution in [3.8, 4) is 0 Å². The van der Waals surface area contributed by atoms with E-state index in [4.69, 9.17) is 22.1 Å². The Morgan fingerprint density at radius 2 is 1.91 bits per heavy atom. The molecular formula is C26H32N4O2S2. The van der Waals surface area contributed by atoms with Crippen LogP contribution in [0.2, 0.25) is 0 Å². The van der Waals surface area contributed by atoms with Crippen molar-refractivity contribution >= 4 is 45.3 Å². The molecule has 2 N–H and O–H groups in total. The maximum atomic E-state index is 12.8. The molecule has 1 aliphatic rings. The van der Waals surface area contributed by atoms with Crippen LogP contribution < -0.4 is 10.6 Å². The van der Waals surface area contributed by atoms with Gasteiger partial charge in [-0.3, -0.25) is 4.68 Å². The summed E-state index contributed by atoms with van der Waals surface area (Å²) in [6.45, 7) is 9.02. The number of hydrogen-bond acceptors (Lipinski definition) is 5. The highest BCUT2D eigenvalue weighted by molar-refractivity contribution is 7.80. The van der Waals surface area contributed by atoms with E-state index >= 15 is 0 Å². The van der Waals surface area contributed by atoms with Crippen LogP contribution in [0.15, 0.2) is 24.3 Å². The fourth-order valence-corrected chi connectivity index (χ4v) is 6.03. The Morgan fingerprint density at radius 3 is 2.68 bits per heavy atom. The van der Waals surface area contributed by atoms with Gasteiger partial charge in [0.05, 0.1) is 35.8 Å². The lowest BCUT2D eigenvalue weighted by Crippen LogP contribution is -2.21. The van der Waals surface area contributed by atoms with Gasteiger partial charge in [0, 0.05) is 4.88 Å². The lowest BCUT2D eigenvalue weighted by Gasteiger charge is -2.12. The Labute approximate surface area is 210 Å². The molecule has 0 atom stereocenters. The van der Waals surface area contributed by atoms with E-state index in [0.717, 1.165) is 53.3 Å². The molecule has 4 rings (SSSR count). The highest BCUT2D eigenvalue weighted by Gasteiger charge is 2.26. The van der Waals surface area contributed by atoms with Crippen LogP contribution in [0.3, 0.4) is 0 Å². The second-order valence-electron chi connectivity index (χ2n) is 8.70. The molecule has 0 bridgehead atoms. The molecular weight excluding hydrogens is 464 g/mol. The van der Waals surface area contributed by atoms with E-state index in [1.807, 2.05) is 31.5 Å². The van der Waals surface area contributed by atoms with Crippen molar-refractivity contribution in [2.45, 2.75) is 66.3 Å². The number of ether oxygens (including phenoxy) is 1. The molecule has 0 amide bonds. The third-order valence-corrected chi connectivity index (χ3v) is 7.74. The zero-order valence-corrected chi connectivity index (χ0v) is 21.9. The highest BCUT2D eigenvalue weighted by Crippen LogP contribution is 2.38. The lowest BCUT2D eigenvalue weighted by atomic mass is 10.1. The molecule has 2 aromatic heterocycles. The van der Waals surface area contributed by atoms with Crippen LogP contribution in [-0.2, 0) is 24.1 Å². The predicted molar refractivity (Wildman–Crippen MR) is 143 cm³/mol. The van der Waals surface area contributed by atoms with Gasteiger partial charge < -0.3 is 15.4 Å². The molecule has 2 heterocycles. The number of anilines is 2. The van der Waals surface area contributed by atoms with E-state index in [-0.39, 0.29) is 5.97 Å². The van der Waals surface area contributed by atoms with E-state index in [1.54, 1.807) is 11.3 Å². The van der Waals surface area contributed by atoms with Crippen molar-refractivity contribution in [2.24, 2.45) is 0 Å². The first-order chi connectivity index (χ1) is 16.4. The number of fused-ring (bicyclic) bond motifs is 1. The van der Waals surface area contributed by atoms with Gasteiger partial charge in [-0.15, -0.1) is 11.3 Å². The largest absolute Gasteiger partial charge is 0.462 e. The molecule has 6 nitrogen and oxygen atoms in total. The normalized spacial score (nSPS) is 13.2. The Balaban J connectivity index is 1.55. The predicted octanol–water partition coefficient (Wildman–Crippen LogP) is 6.17. The van der Waals surface area contributed by atoms with Gasteiger partial charge in [-0.25, -0.2) is 4.79 Å². The maximum absolute atomic E-state index is 12.8. The second kappa shape index (κ2) is 10.7. The number of hydrogen-bond donors (Lipinski definition) is 2. The van der Waals surface area contributed by atoms with Gasteiger partial charge in [0.25, 0.3) is 0 Å². The van der Waals surface area contributed by atoms with Gasteiger partial charge in [-0.1, -0.05) is 30.7 Å². The third kappa shape index (κ3) is 5.18. The Kier molecular flexibility index (Phi) is 7.68. The summed E-state index contributed by atoms with van der Waals surface area (Å²) in [6.07, 6.45) is 5.34. The minimum Gasteiger partial charge on any atom is -0.462 e. The monoisotopic (exact) mass is 496 g/mol. The van der Waals surface area contributed by atoms with E-state index < -0.39 is 0 Å². The number of rotatable bonds is 6. The standard InChI is InChI=1S/C26H32N4O2S2/c1-5-32-25(31)22-20-13-7-6-8-14-21(20)34-24(22)28-26(33)27-23-17(3)29-30(18(23)4)15-19-12-10-9-11-16(19)2/h9-12H,5-8,13-15H2,1-4H3,(H2,27,28,33). The minimum absolute atomic E-state index is 0.273. The number of carbonyl (C=O) groups excluding carboxylic acids is 1. The first-order valence-corrected chi connectivity index (χ1v) is 13.1. The first-order valence-electron chi connectivity index (χ1n) is 11.9. The molecule has 3 aromatic rings. The number of nitrogens with one attached hydrogen (secondary N) is 2. The zero-order valence-electron chi connectivity index (χ0n) is 20.3. The Hall–Kier alpha value is -2.71. The summed E-state index contributed by atoms with van der Waals surface area (Å²) in [7, 11) is 0. The summed E-state index contributed by atoms with van der Waals surface area (Å²) < 4.78 is 7.39. The van der Waals surface area contributed by atoms with Gasteiger partial charge in [0.1, 0.15) is 5.00 Å². The minimum atomic E-state index is -0.273. The fourth-order valence-electron chi connectivity index (χ4n) is 4.48. The van der Waals surface area contributed by atoms with Gasteiger partial charge in [-0.2, -0.15) is 5.10 Å². The molecule has 1 aromatic carbocycles. The van der Waals surface area contributed by atoms with E-state index in [0.29, 0.717) is 23.8 Å². The average molecular weight is 497 g/mol. The summed E-state index contributed by atoms with van der Waals surface area (Å²) >= 11 is 7.30. The van der Waals surface area contributed by atoms with Crippen LogP contribution in [0.4, 0.5) is 10.7 Å². The third-order valence-electron chi connectivity index (χ3n) is 6.33. The summed E-state index contributed by atoms with van der Waals surface area (Å²) in [5, 5.41) is 12.6. The highest BCUT2D eigenvalue weighted by atomic mass is 32.1. The van der Waals surface area contributed by atoms with Gasteiger partial charge in [0.2, 0.25) is 0 Å². The Bertz CT molecular complexity index is 1210. The molecule has 8 heteroatoms. The van der Waals surface area contributed by atoms with Gasteiger partial charge >= 0.3 is 5.97 Å². The summed E-state index contributed by atoms with van der Waals surface area (Å²) in [6, 6.07) is 8.34. The van der Waals surface area contributed by atoms with Crippen molar-refractivity contribution in [2.75, 3.05) is 17.2 Å². The van der Waals surface area contributed by atoms with Crippen molar-refractivity contribution in [1.29, 1.82) is 0 Å². The summed E-state index contributed by atoms with van der Waals surface area (Å²) in [5.41, 5.74) is 7.04. The van der Waals surface area contributed by atoms with E-state index in [9.17, 15) is 4.79 Å². The number of esters is 1. The van der Waals surface area contributed by atoms with Crippen LogP contribution in [0.25, 0.3) is 0 Å². The molecule has 0 unspecified atom stereocenters. The molecule has 0 fully saturated rings. The van der Waals surface area contributed by atoms with Crippen LogP contribution >= 0.6 is 23.6 Å². The zero-order chi connectivity index (χ0) is 24.2. The Morgan fingerprint density at radius 1 is 1.15 bits per heavy atom. The van der Waals surface area contributed by atoms with Crippen molar-refractivity contribution in [3.63, 3.8) is 0 Å². The number of nitrogens with zero attached hydrogens (tertiary/aromatic N) is 2. The van der Waals surface area contributed by atoms with Crippen LogP contribution in [0.1, 0.15) is 69.5 Å². The molecule has 0 saturated carbocycles. The molecule has 1 aliphatic carbocycles. The number of aryl methyl sites for hydroxylation is 3. The van der Waals surface area contributed by atoms with Crippen molar-refractivity contribution in [1.82, 2.24) is 9.78 Å². The number of carbonyl (C=O) groups is 1. The van der Waals surface area contributed by atoms with Gasteiger partial charge in [-0.05, 0) is 82.3 Å². The van der Waals surface area contributed by atoms with Crippen LogP contribution in [0.5, 0.6) is 0 Å². The van der Waals surface area contributed by atoms with Crippen LogP contribution in [-0.4, -0.2) is 27.5 Å². The smallest absolute Gasteiger partial charge is 0.341 e. The number of aromatic nitrogens is 2. The van der Waals surface area contributed by atoms with Crippen molar-refractivity contribution < 1.29 is 9.53 Å². The van der Waals surface area contributed by atoms with E-state index in [2.05, 4.69) is 35.8 Å². The number of thiophene rings is 1. The SMILES string of the molecule is CCOC(=O)c1c(NC(=S)Nc2c(C)nn(Cc3ccccc3C)c2C)sc2c1CCCCC2. The maximum Gasteiger partial charge on any atom is 0.341 e. The molecule has 0 radical (unpaired) electrons. The van der Waals surface area contributed by atoms with Crippen LogP contribution in [0, 0.1) is 20.8 Å². The molecule has 0 aliphatic heterocycles. The summed E-state index contributed by atoms with van der Waals surface area (Å²) in [4.78, 5) is 14.1. The molecule has 0 spiro atoms. The first kappa shape index (κ1) is 24.4. The average Bonchev–Trinajstić information content (AvgIpc) is 3.15. The number of benzene rings is 1. The number of thiocarbonyl (C=S) groups is 1. The quantitative estimate of drug-likeness (QED) is 0.242.